The zero-order chi connectivity index (χ0) is 16.7. The Morgan fingerprint density at radius 3 is 1.58 bits per heavy atom. The summed E-state index contributed by atoms with van der Waals surface area (Å²) in [7, 11) is 6.58. The molecule has 5 saturated heterocycles. The van der Waals surface area contributed by atoms with E-state index in [-0.39, 0.29) is 0 Å². The first-order valence-electron chi connectivity index (χ1n) is 9.85. The van der Waals surface area contributed by atoms with Crippen LogP contribution in [0.5, 0.6) is 0 Å². The second-order valence-electron chi connectivity index (χ2n) is 9.04. The quantitative estimate of drug-likeness (QED) is 0.654. The van der Waals surface area contributed by atoms with Gasteiger partial charge in [0.1, 0.15) is 0 Å². The Labute approximate surface area is 147 Å². The van der Waals surface area contributed by atoms with Gasteiger partial charge in [0, 0.05) is 50.6 Å². The van der Waals surface area contributed by atoms with E-state index in [1.54, 1.807) is 0 Å². The molecule has 5 aliphatic heterocycles. The Kier molecular flexibility index (Phi) is 5.17. The fourth-order valence-corrected chi connectivity index (χ4v) is 5.15. The SMILES string of the molecule is CN1CC2CC2C1.CN1CC2COCC2C1.CN1CC2C[C@H]1CO2. The van der Waals surface area contributed by atoms with Crippen molar-refractivity contribution >= 4 is 0 Å². The maximum atomic E-state index is 5.38. The van der Waals surface area contributed by atoms with Gasteiger partial charge in [-0.1, -0.05) is 0 Å². The molecular weight excluding hydrogens is 302 g/mol. The minimum absolute atomic E-state index is 0.574. The molecule has 5 unspecified atom stereocenters. The molecule has 0 aromatic heterocycles. The lowest BCUT2D eigenvalue weighted by Crippen LogP contribution is -2.33. The van der Waals surface area contributed by atoms with Crippen molar-refractivity contribution < 1.29 is 9.47 Å². The molecule has 2 bridgehead atoms. The van der Waals surface area contributed by atoms with E-state index >= 15 is 0 Å². The molecule has 0 N–H and O–H groups in total. The van der Waals surface area contributed by atoms with Crippen LogP contribution in [0.4, 0.5) is 0 Å². The van der Waals surface area contributed by atoms with Crippen LogP contribution in [0.25, 0.3) is 0 Å². The molecule has 0 spiro atoms. The third-order valence-electron chi connectivity index (χ3n) is 6.76. The van der Waals surface area contributed by atoms with Crippen LogP contribution < -0.4 is 0 Å². The van der Waals surface area contributed by atoms with Crippen LogP contribution in [0.15, 0.2) is 0 Å². The highest BCUT2D eigenvalue weighted by atomic mass is 16.5. The van der Waals surface area contributed by atoms with Crippen molar-refractivity contribution in [1.29, 1.82) is 0 Å². The molecule has 6 atom stereocenters. The van der Waals surface area contributed by atoms with Crippen molar-refractivity contribution in [3.63, 3.8) is 0 Å². The Morgan fingerprint density at radius 1 is 0.667 bits per heavy atom. The van der Waals surface area contributed by atoms with Crippen molar-refractivity contribution in [3.05, 3.63) is 0 Å². The summed E-state index contributed by atoms with van der Waals surface area (Å²) in [5.41, 5.74) is 0. The van der Waals surface area contributed by atoms with Gasteiger partial charge in [-0.3, -0.25) is 4.90 Å². The van der Waals surface area contributed by atoms with Gasteiger partial charge in [0.05, 0.1) is 25.9 Å². The van der Waals surface area contributed by atoms with Gasteiger partial charge in [-0.15, -0.1) is 0 Å². The van der Waals surface area contributed by atoms with E-state index in [2.05, 4.69) is 35.8 Å². The average Bonchev–Trinajstić information content (AvgIpc) is 3.08. The topological polar surface area (TPSA) is 28.2 Å². The van der Waals surface area contributed by atoms with Gasteiger partial charge in [0.25, 0.3) is 0 Å². The maximum absolute atomic E-state index is 5.38. The highest BCUT2D eigenvalue weighted by Crippen LogP contribution is 2.44. The lowest BCUT2D eigenvalue weighted by atomic mass is 10.0. The smallest absolute Gasteiger partial charge is 0.0718 e. The van der Waals surface area contributed by atoms with Gasteiger partial charge >= 0.3 is 0 Å². The third kappa shape index (κ3) is 3.96. The van der Waals surface area contributed by atoms with Crippen molar-refractivity contribution in [2.45, 2.75) is 25.0 Å². The highest BCUT2D eigenvalue weighted by molar-refractivity contribution is 4.95. The van der Waals surface area contributed by atoms with E-state index in [4.69, 9.17) is 9.47 Å². The van der Waals surface area contributed by atoms with Gasteiger partial charge in [0.15, 0.2) is 0 Å². The van der Waals surface area contributed by atoms with Gasteiger partial charge in [-0.2, -0.15) is 0 Å². The lowest BCUT2D eigenvalue weighted by molar-refractivity contribution is 0.0416. The average molecular weight is 338 g/mol. The number of hydrogen-bond acceptors (Lipinski definition) is 5. The molecule has 5 heterocycles. The van der Waals surface area contributed by atoms with Crippen LogP contribution >= 0.6 is 0 Å². The number of rotatable bonds is 0. The fourth-order valence-electron chi connectivity index (χ4n) is 5.15. The zero-order valence-electron chi connectivity index (χ0n) is 15.7. The summed E-state index contributed by atoms with van der Waals surface area (Å²) in [6.07, 6.45) is 3.38. The number of likely N-dealkylation sites (N-methyl/N-ethyl adjacent to an activating group) is 1. The summed E-state index contributed by atoms with van der Waals surface area (Å²) in [6.45, 7) is 9.42. The molecule has 24 heavy (non-hydrogen) atoms. The van der Waals surface area contributed by atoms with Crippen molar-refractivity contribution in [2.24, 2.45) is 23.7 Å². The van der Waals surface area contributed by atoms with Gasteiger partial charge in [0.2, 0.25) is 0 Å². The lowest BCUT2D eigenvalue weighted by Gasteiger charge is -2.21. The van der Waals surface area contributed by atoms with Crippen LogP contribution in [-0.2, 0) is 9.47 Å². The van der Waals surface area contributed by atoms with Crippen LogP contribution in [0.3, 0.4) is 0 Å². The second kappa shape index (κ2) is 7.20. The van der Waals surface area contributed by atoms with Crippen LogP contribution in [0.2, 0.25) is 0 Å². The molecule has 138 valence electrons. The van der Waals surface area contributed by atoms with Crippen molar-refractivity contribution in [3.8, 4) is 0 Å². The fraction of sp³-hybridized carbons (Fsp3) is 1.00. The standard InChI is InChI=1S/C7H13NO.C6H11NO.C6H11N/c1-8-2-6-4-9-5-7(6)3-8;1-7-3-6-2-5(7)4-8-6;1-7-3-5-2-6(5)4-7/h6-7H,2-5H2,1H3;5-6H,2-4H2,1H3;5-6H,2-4H2,1H3/t;5-,6?;/m.0./s1. The second-order valence-corrected chi connectivity index (χ2v) is 9.04. The molecule has 1 saturated carbocycles. The number of piperidine rings is 1. The molecule has 0 aromatic carbocycles. The van der Waals surface area contributed by atoms with E-state index in [9.17, 15) is 0 Å². The minimum atomic E-state index is 0.574. The summed E-state index contributed by atoms with van der Waals surface area (Å²) in [5, 5.41) is 0. The number of hydrogen-bond donors (Lipinski definition) is 0. The van der Waals surface area contributed by atoms with Crippen LogP contribution in [0.1, 0.15) is 12.8 Å². The predicted molar refractivity (Wildman–Crippen MR) is 95.2 cm³/mol. The zero-order valence-corrected chi connectivity index (χ0v) is 15.7. The number of likely N-dealkylation sites (tertiary alicyclic amines) is 3. The monoisotopic (exact) mass is 337 g/mol. The van der Waals surface area contributed by atoms with Gasteiger partial charge in [-0.25, -0.2) is 0 Å². The summed E-state index contributed by atoms with van der Waals surface area (Å²) in [4.78, 5) is 7.21. The number of morpholine rings is 1. The Hall–Kier alpha value is -0.200. The number of ether oxygens (including phenoxy) is 2. The molecule has 0 radical (unpaired) electrons. The molecule has 5 nitrogen and oxygen atoms in total. The molecule has 0 aromatic rings. The molecule has 6 rings (SSSR count). The largest absolute Gasteiger partial charge is 0.381 e. The molecule has 0 amide bonds. The molecule has 6 aliphatic rings. The summed E-state index contributed by atoms with van der Waals surface area (Å²) >= 11 is 0. The van der Waals surface area contributed by atoms with Gasteiger partial charge < -0.3 is 19.3 Å². The number of nitrogens with zero attached hydrogens (tertiary/aromatic N) is 3. The van der Waals surface area contributed by atoms with Crippen molar-refractivity contribution in [1.82, 2.24) is 14.7 Å². The van der Waals surface area contributed by atoms with E-state index in [0.29, 0.717) is 6.10 Å². The molecule has 1 aliphatic carbocycles. The highest BCUT2D eigenvalue weighted by Gasteiger charge is 2.43. The van der Waals surface area contributed by atoms with Gasteiger partial charge in [-0.05, 0) is 45.8 Å². The van der Waals surface area contributed by atoms with E-state index in [0.717, 1.165) is 56.1 Å². The van der Waals surface area contributed by atoms with Crippen LogP contribution in [-0.4, -0.2) is 101 Å². The Morgan fingerprint density at radius 2 is 1.25 bits per heavy atom. The Balaban J connectivity index is 0.0000000918. The minimum Gasteiger partial charge on any atom is -0.381 e. The molecular formula is C19H35N3O2. The van der Waals surface area contributed by atoms with Crippen LogP contribution in [0, 0.1) is 23.7 Å². The summed E-state index contributed by atoms with van der Waals surface area (Å²) in [5.74, 6) is 3.94. The first-order valence-corrected chi connectivity index (χ1v) is 9.85. The van der Waals surface area contributed by atoms with E-state index < -0.39 is 0 Å². The maximum Gasteiger partial charge on any atom is 0.0718 e. The Bertz CT molecular complexity index is 411. The summed E-state index contributed by atoms with van der Waals surface area (Å²) in [6, 6.07) is 0.750. The molecule has 5 heteroatoms. The normalized spacial score (nSPS) is 46.1. The summed E-state index contributed by atoms with van der Waals surface area (Å²) < 4.78 is 10.7. The predicted octanol–water partition coefficient (Wildman–Crippen LogP) is 0.852. The first kappa shape index (κ1) is 17.2. The van der Waals surface area contributed by atoms with E-state index in [1.165, 1.54) is 39.0 Å². The number of fused-ring (bicyclic) bond motifs is 4. The third-order valence-corrected chi connectivity index (χ3v) is 6.76. The molecule has 6 fully saturated rings. The first-order chi connectivity index (χ1) is 11.6. The van der Waals surface area contributed by atoms with Crippen molar-refractivity contribution in [2.75, 3.05) is 73.7 Å². The van der Waals surface area contributed by atoms with E-state index in [1.807, 2.05) is 0 Å².